The van der Waals surface area contributed by atoms with Crippen molar-refractivity contribution in [3.63, 3.8) is 0 Å². The molecule has 5 rings (SSSR count). The Bertz CT molecular complexity index is 1200. The summed E-state index contributed by atoms with van der Waals surface area (Å²) < 4.78 is 13.4. The Hall–Kier alpha value is -3.26. The molecular weight excluding hydrogens is 409 g/mol. The summed E-state index contributed by atoms with van der Waals surface area (Å²) in [5, 5.41) is 3.78. The summed E-state index contributed by atoms with van der Waals surface area (Å²) in [4.78, 5) is 36.1. The number of hydrogen-bond acceptors (Lipinski definition) is 5. The third-order valence-electron chi connectivity index (χ3n) is 6.79. The smallest absolute Gasteiger partial charge is 0.269 e. The van der Waals surface area contributed by atoms with Crippen LogP contribution in [0.4, 0.5) is 10.1 Å². The number of carbonyl (C=O) groups is 1. The number of benzene rings is 1. The van der Waals surface area contributed by atoms with Gasteiger partial charge in [-0.1, -0.05) is 6.07 Å². The first-order valence-corrected chi connectivity index (χ1v) is 11.0. The van der Waals surface area contributed by atoms with Crippen molar-refractivity contribution < 1.29 is 9.18 Å². The Morgan fingerprint density at radius 1 is 1.12 bits per heavy atom. The van der Waals surface area contributed by atoms with Crippen LogP contribution in [-0.2, 0) is 0 Å². The van der Waals surface area contributed by atoms with Gasteiger partial charge in [-0.2, -0.15) is 0 Å². The number of aromatic nitrogens is 2. The summed E-state index contributed by atoms with van der Waals surface area (Å²) in [5.41, 5.74) is 2.19. The van der Waals surface area contributed by atoms with Crippen molar-refractivity contribution in [3.8, 4) is 0 Å². The van der Waals surface area contributed by atoms with E-state index in [2.05, 4.69) is 25.1 Å². The van der Waals surface area contributed by atoms with E-state index < -0.39 is 5.82 Å². The number of anilines is 1. The maximum absolute atomic E-state index is 13.4. The summed E-state index contributed by atoms with van der Waals surface area (Å²) in [7, 11) is 1.60. The van der Waals surface area contributed by atoms with Gasteiger partial charge in [0.2, 0.25) is 0 Å². The Kier molecular flexibility index (Phi) is 5.38. The minimum atomic E-state index is -0.392. The number of piperazine rings is 1. The summed E-state index contributed by atoms with van der Waals surface area (Å²) in [6, 6.07) is 10.6. The van der Waals surface area contributed by atoms with Gasteiger partial charge >= 0.3 is 0 Å². The van der Waals surface area contributed by atoms with Crippen LogP contribution in [0.5, 0.6) is 0 Å². The van der Waals surface area contributed by atoms with E-state index in [0.29, 0.717) is 23.0 Å². The lowest BCUT2D eigenvalue weighted by molar-refractivity contribution is 0.0958. The van der Waals surface area contributed by atoms with Gasteiger partial charge in [0.15, 0.2) is 0 Å². The number of nitrogens with zero attached hydrogens (tertiary/aromatic N) is 3. The van der Waals surface area contributed by atoms with E-state index in [1.807, 2.05) is 12.1 Å². The van der Waals surface area contributed by atoms with Crippen molar-refractivity contribution in [2.45, 2.75) is 24.8 Å². The molecule has 3 heterocycles. The standard InChI is InChI=1S/C24H26FN5O2/c1-26-24(32)21-5-4-18(14-27-21)29-6-8-30(9-7-29)19-10-16(11-19)22-12-15-2-3-17(25)13-20(15)23(31)28-22/h2-5,12-14,16,19H,6-11H2,1H3,(H,26,32)(H,28,31). The largest absolute Gasteiger partial charge is 0.368 e. The molecule has 0 bridgehead atoms. The quantitative estimate of drug-likeness (QED) is 0.658. The van der Waals surface area contributed by atoms with E-state index in [0.717, 1.165) is 55.8 Å². The molecule has 166 valence electrons. The molecule has 0 radical (unpaired) electrons. The van der Waals surface area contributed by atoms with Crippen molar-refractivity contribution >= 4 is 22.4 Å². The number of amides is 1. The summed E-state index contributed by atoms with van der Waals surface area (Å²) in [6.07, 6.45) is 3.80. The van der Waals surface area contributed by atoms with E-state index >= 15 is 0 Å². The van der Waals surface area contributed by atoms with Gasteiger partial charge in [-0.3, -0.25) is 14.5 Å². The van der Waals surface area contributed by atoms with Crippen LogP contribution in [-0.4, -0.2) is 60.0 Å². The number of pyridine rings is 2. The lowest BCUT2D eigenvalue weighted by Gasteiger charge is -2.46. The second kappa shape index (κ2) is 8.35. The summed E-state index contributed by atoms with van der Waals surface area (Å²) in [6.45, 7) is 3.78. The second-order valence-electron chi connectivity index (χ2n) is 8.61. The first-order chi connectivity index (χ1) is 15.5. The molecule has 1 aliphatic heterocycles. The van der Waals surface area contributed by atoms with Gasteiger partial charge in [0.1, 0.15) is 11.5 Å². The molecule has 3 aromatic rings. The fourth-order valence-electron chi connectivity index (χ4n) is 4.79. The highest BCUT2D eigenvalue weighted by molar-refractivity contribution is 5.92. The molecule has 0 spiro atoms. The van der Waals surface area contributed by atoms with Crippen LogP contribution in [0.15, 0.2) is 47.4 Å². The molecule has 0 atom stereocenters. The number of aromatic amines is 1. The third-order valence-corrected chi connectivity index (χ3v) is 6.79. The Morgan fingerprint density at radius 2 is 1.91 bits per heavy atom. The lowest BCUT2D eigenvalue weighted by atomic mass is 9.76. The summed E-state index contributed by atoms with van der Waals surface area (Å²) >= 11 is 0. The molecule has 1 saturated carbocycles. The molecule has 32 heavy (non-hydrogen) atoms. The van der Waals surface area contributed by atoms with Gasteiger partial charge in [0.05, 0.1) is 11.9 Å². The molecule has 1 saturated heterocycles. The highest BCUT2D eigenvalue weighted by Crippen LogP contribution is 2.39. The normalized spacial score (nSPS) is 21.4. The minimum absolute atomic E-state index is 0.180. The Labute approximate surface area is 185 Å². The van der Waals surface area contributed by atoms with Crippen molar-refractivity contribution in [3.05, 3.63) is 70.2 Å². The number of carbonyl (C=O) groups excluding carboxylic acids is 1. The molecule has 2 aromatic heterocycles. The van der Waals surface area contributed by atoms with Crippen LogP contribution in [0.1, 0.15) is 34.9 Å². The van der Waals surface area contributed by atoms with Gasteiger partial charge in [-0.05, 0) is 48.6 Å². The molecular formula is C24H26FN5O2. The number of rotatable bonds is 4. The van der Waals surface area contributed by atoms with Gasteiger partial charge in [-0.25, -0.2) is 9.37 Å². The Morgan fingerprint density at radius 3 is 2.59 bits per heavy atom. The SMILES string of the molecule is CNC(=O)c1ccc(N2CCN(C3CC(c4cc5ccc(F)cc5c(=O)[nH]4)C3)CC2)cn1. The molecule has 2 N–H and O–H groups in total. The van der Waals surface area contributed by atoms with Gasteiger partial charge < -0.3 is 15.2 Å². The molecule has 7 nitrogen and oxygen atoms in total. The molecule has 1 amide bonds. The topological polar surface area (TPSA) is 81.3 Å². The highest BCUT2D eigenvalue weighted by Gasteiger charge is 2.36. The van der Waals surface area contributed by atoms with E-state index in [-0.39, 0.29) is 11.5 Å². The first-order valence-electron chi connectivity index (χ1n) is 11.0. The first kappa shape index (κ1) is 20.6. The monoisotopic (exact) mass is 435 g/mol. The molecule has 8 heteroatoms. The zero-order valence-electron chi connectivity index (χ0n) is 18.0. The maximum Gasteiger partial charge on any atom is 0.269 e. The molecule has 0 unspecified atom stereocenters. The van der Waals surface area contributed by atoms with Crippen molar-refractivity contribution in [1.29, 1.82) is 0 Å². The molecule has 2 aliphatic rings. The zero-order valence-corrected chi connectivity index (χ0v) is 18.0. The predicted octanol–water partition coefficient (Wildman–Crippen LogP) is 2.49. The summed E-state index contributed by atoms with van der Waals surface area (Å²) in [5.74, 6) is -0.237. The number of halogens is 1. The Balaban J connectivity index is 1.17. The van der Waals surface area contributed by atoms with E-state index in [9.17, 15) is 14.0 Å². The van der Waals surface area contributed by atoms with Gasteiger partial charge in [-0.15, -0.1) is 0 Å². The van der Waals surface area contributed by atoms with Crippen LogP contribution in [0, 0.1) is 5.82 Å². The average Bonchev–Trinajstić information content (AvgIpc) is 2.79. The zero-order chi connectivity index (χ0) is 22.2. The average molecular weight is 436 g/mol. The maximum atomic E-state index is 13.4. The van der Waals surface area contributed by atoms with Crippen molar-refractivity contribution in [1.82, 2.24) is 20.2 Å². The lowest BCUT2D eigenvalue weighted by Crippen LogP contribution is -2.53. The number of H-pyrrole nitrogens is 1. The fraction of sp³-hybridized carbons (Fsp3) is 0.375. The fourth-order valence-corrected chi connectivity index (χ4v) is 4.79. The van der Waals surface area contributed by atoms with E-state index in [1.165, 1.54) is 12.1 Å². The predicted molar refractivity (Wildman–Crippen MR) is 122 cm³/mol. The third kappa shape index (κ3) is 3.86. The number of hydrogen-bond donors (Lipinski definition) is 2. The highest BCUT2D eigenvalue weighted by atomic mass is 19.1. The molecule has 1 aliphatic carbocycles. The van der Waals surface area contributed by atoms with E-state index in [1.54, 1.807) is 25.4 Å². The van der Waals surface area contributed by atoms with Gasteiger partial charge in [0, 0.05) is 56.3 Å². The van der Waals surface area contributed by atoms with Crippen LogP contribution >= 0.6 is 0 Å². The van der Waals surface area contributed by atoms with Crippen molar-refractivity contribution in [2.24, 2.45) is 0 Å². The number of fused-ring (bicyclic) bond motifs is 1. The van der Waals surface area contributed by atoms with Crippen LogP contribution < -0.4 is 15.8 Å². The van der Waals surface area contributed by atoms with Crippen LogP contribution in [0.2, 0.25) is 0 Å². The van der Waals surface area contributed by atoms with Gasteiger partial charge in [0.25, 0.3) is 11.5 Å². The molecule has 2 fully saturated rings. The van der Waals surface area contributed by atoms with E-state index in [4.69, 9.17) is 0 Å². The second-order valence-corrected chi connectivity index (χ2v) is 8.61. The van der Waals surface area contributed by atoms with Crippen LogP contribution in [0.25, 0.3) is 10.8 Å². The van der Waals surface area contributed by atoms with Crippen molar-refractivity contribution in [2.75, 3.05) is 38.1 Å². The minimum Gasteiger partial charge on any atom is -0.368 e. The van der Waals surface area contributed by atoms with Crippen LogP contribution in [0.3, 0.4) is 0 Å². The molecule has 1 aromatic carbocycles. The number of nitrogens with one attached hydrogen (secondary N) is 2.